The van der Waals surface area contributed by atoms with E-state index in [9.17, 15) is 0 Å². The number of hydrogen-bond acceptors (Lipinski definition) is 3. The number of aromatic nitrogens is 5. The zero-order valence-corrected chi connectivity index (χ0v) is 41.1. The van der Waals surface area contributed by atoms with Gasteiger partial charge in [-0.1, -0.05) is 200 Å². The molecule has 0 saturated heterocycles. The average molecular weight is 969 g/mol. The Balaban J connectivity index is 1.09. The molecule has 6 nitrogen and oxygen atoms in total. The second-order valence-corrected chi connectivity index (χ2v) is 19.0. The molecule has 14 aromatic rings. The maximum absolute atomic E-state index is 8.29. The summed E-state index contributed by atoms with van der Waals surface area (Å²) < 4.78 is 4.79. The summed E-state index contributed by atoms with van der Waals surface area (Å²) >= 11 is 0. The monoisotopic (exact) mass is 968 g/mol. The van der Waals surface area contributed by atoms with Gasteiger partial charge in [-0.25, -0.2) is 19.8 Å². The standard InChI is InChI=1S/C70H44N6/c1-71-62-31-17-14-28-54(62)52-36-41-67(76-64-33-19-16-30-56(64)60-43-51(35-40-66(60)76)47-22-8-3-9-23-47)61(44-52)58-45-53(75-63-32-18-15-29-55(63)59-42-50(34-39-65(59)75)46-20-6-2-7-21-46)37-38-57(58)70-73-68(48-24-10-4-11-25-48)72-69(74-70)49-26-12-5-13-27-49/h2-45H. The number of para-hydroxylation sites is 3. The van der Waals surface area contributed by atoms with Crippen molar-refractivity contribution in [2.45, 2.75) is 0 Å². The van der Waals surface area contributed by atoms with Crippen molar-refractivity contribution in [1.82, 2.24) is 24.1 Å². The van der Waals surface area contributed by atoms with Crippen molar-refractivity contribution >= 4 is 49.3 Å². The van der Waals surface area contributed by atoms with Gasteiger partial charge in [0.1, 0.15) is 0 Å². The van der Waals surface area contributed by atoms with Gasteiger partial charge in [-0.3, -0.25) is 0 Å². The lowest BCUT2D eigenvalue weighted by molar-refractivity contribution is 1.07. The van der Waals surface area contributed by atoms with E-state index in [1.807, 2.05) is 84.9 Å². The van der Waals surface area contributed by atoms with E-state index in [0.29, 0.717) is 23.2 Å². The third-order valence-electron chi connectivity index (χ3n) is 14.6. The highest BCUT2D eigenvalue weighted by molar-refractivity contribution is 6.12. The van der Waals surface area contributed by atoms with Gasteiger partial charge in [-0.2, -0.15) is 0 Å². The van der Waals surface area contributed by atoms with Gasteiger partial charge in [-0.15, -0.1) is 0 Å². The topological polar surface area (TPSA) is 52.9 Å². The highest BCUT2D eigenvalue weighted by atomic mass is 15.0. The Labute approximate surface area is 439 Å². The van der Waals surface area contributed by atoms with Crippen molar-refractivity contribution < 1.29 is 0 Å². The lowest BCUT2D eigenvalue weighted by atomic mass is 9.92. The van der Waals surface area contributed by atoms with Gasteiger partial charge < -0.3 is 9.13 Å². The molecule has 0 N–H and O–H groups in total. The molecular formula is C70H44N6. The van der Waals surface area contributed by atoms with Crippen LogP contribution in [-0.2, 0) is 0 Å². The summed E-state index contributed by atoms with van der Waals surface area (Å²) in [6.07, 6.45) is 0. The van der Waals surface area contributed by atoms with E-state index in [1.165, 1.54) is 10.9 Å². The maximum atomic E-state index is 8.29. The normalized spacial score (nSPS) is 11.4. The number of nitrogens with zero attached hydrogens (tertiary/aromatic N) is 6. The van der Waals surface area contributed by atoms with Crippen LogP contribution in [0.5, 0.6) is 0 Å². The Morgan fingerprint density at radius 1 is 0.276 bits per heavy atom. The summed E-state index contributed by atoms with van der Waals surface area (Å²) in [5, 5.41) is 4.63. The van der Waals surface area contributed by atoms with Crippen LogP contribution in [0.25, 0.3) is 139 Å². The van der Waals surface area contributed by atoms with E-state index < -0.39 is 0 Å². The molecule has 11 aromatic carbocycles. The maximum Gasteiger partial charge on any atom is 0.194 e. The third kappa shape index (κ3) is 7.62. The second kappa shape index (κ2) is 18.5. The van der Waals surface area contributed by atoms with Crippen LogP contribution < -0.4 is 0 Å². The molecule has 14 rings (SSSR count). The summed E-state index contributed by atoms with van der Waals surface area (Å²) in [6, 6.07) is 93.6. The molecular weight excluding hydrogens is 925 g/mol. The first-order chi connectivity index (χ1) is 37.6. The molecule has 3 aromatic heterocycles. The van der Waals surface area contributed by atoms with Crippen molar-refractivity contribution in [1.29, 1.82) is 0 Å². The second-order valence-electron chi connectivity index (χ2n) is 19.0. The minimum atomic E-state index is 0.539. The van der Waals surface area contributed by atoms with Crippen LogP contribution in [-0.4, -0.2) is 24.1 Å². The largest absolute Gasteiger partial charge is 0.309 e. The summed E-state index contributed by atoms with van der Waals surface area (Å²) in [7, 11) is 0. The molecule has 0 saturated carbocycles. The van der Waals surface area contributed by atoms with Gasteiger partial charge in [0.25, 0.3) is 0 Å². The molecule has 0 bridgehead atoms. The van der Waals surface area contributed by atoms with Crippen LogP contribution in [0, 0.1) is 6.57 Å². The Hall–Kier alpha value is -10.5. The lowest BCUT2D eigenvalue weighted by Gasteiger charge is -2.20. The van der Waals surface area contributed by atoms with E-state index in [2.05, 4.69) is 196 Å². The van der Waals surface area contributed by atoms with Gasteiger partial charge in [0.2, 0.25) is 0 Å². The highest BCUT2D eigenvalue weighted by Crippen LogP contribution is 2.45. The van der Waals surface area contributed by atoms with Crippen molar-refractivity contribution in [3.63, 3.8) is 0 Å². The van der Waals surface area contributed by atoms with E-state index in [1.54, 1.807) is 0 Å². The number of benzene rings is 11. The first-order valence-electron chi connectivity index (χ1n) is 25.5. The zero-order chi connectivity index (χ0) is 50.5. The summed E-state index contributed by atoms with van der Waals surface area (Å²) in [5.74, 6) is 1.69. The molecule has 0 spiro atoms. The minimum absolute atomic E-state index is 0.539. The van der Waals surface area contributed by atoms with Crippen molar-refractivity contribution in [3.05, 3.63) is 278 Å². The molecule has 0 amide bonds. The van der Waals surface area contributed by atoms with Crippen LogP contribution in [0.1, 0.15) is 0 Å². The fourth-order valence-electron chi connectivity index (χ4n) is 11.1. The molecule has 0 unspecified atom stereocenters. The van der Waals surface area contributed by atoms with E-state index in [-0.39, 0.29) is 0 Å². The predicted octanol–water partition coefficient (Wildman–Crippen LogP) is 18.3. The van der Waals surface area contributed by atoms with E-state index in [4.69, 9.17) is 21.5 Å². The zero-order valence-electron chi connectivity index (χ0n) is 41.1. The first-order valence-corrected chi connectivity index (χ1v) is 25.5. The minimum Gasteiger partial charge on any atom is -0.309 e. The Morgan fingerprint density at radius 3 is 1.32 bits per heavy atom. The lowest BCUT2D eigenvalue weighted by Crippen LogP contribution is -2.04. The van der Waals surface area contributed by atoms with Crippen LogP contribution in [0.4, 0.5) is 5.69 Å². The molecule has 354 valence electrons. The van der Waals surface area contributed by atoms with Gasteiger partial charge in [0.15, 0.2) is 23.2 Å². The Kier molecular flexibility index (Phi) is 10.8. The molecule has 0 radical (unpaired) electrons. The molecule has 0 aliphatic carbocycles. The quantitative estimate of drug-likeness (QED) is 0.135. The van der Waals surface area contributed by atoms with E-state index in [0.717, 1.165) is 105 Å². The molecule has 0 fully saturated rings. The molecule has 3 heterocycles. The number of rotatable bonds is 9. The van der Waals surface area contributed by atoms with Crippen LogP contribution in [0.15, 0.2) is 267 Å². The fraction of sp³-hybridized carbons (Fsp3) is 0. The summed E-state index contributed by atoms with van der Waals surface area (Å²) in [5.41, 5.74) is 17.7. The average Bonchev–Trinajstić information content (AvgIpc) is 4.02. The first kappa shape index (κ1) is 44.2. The van der Waals surface area contributed by atoms with Gasteiger partial charge in [0.05, 0.1) is 34.3 Å². The van der Waals surface area contributed by atoms with Crippen LogP contribution in [0.3, 0.4) is 0 Å². The molecule has 0 atom stereocenters. The van der Waals surface area contributed by atoms with Gasteiger partial charge >= 0.3 is 0 Å². The van der Waals surface area contributed by atoms with E-state index >= 15 is 0 Å². The molecule has 0 aliphatic heterocycles. The van der Waals surface area contributed by atoms with Gasteiger partial charge in [-0.05, 0) is 106 Å². The summed E-state index contributed by atoms with van der Waals surface area (Å²) in [6.45, 7) is 8.29. The molecule has 76 heavy (non-hydrogen) atoms. The van der Waals surface area contributed by atoms with Crippen molar-refractivity contribution in [2.75, 3.05) is 0 Å². The number of hydrogen-bond donors (Lipinski definition) is 0. The molecule has 6 heteroatoms. The predicted molar refractivity (Wildman–Crippen MR) is 313 cm³/mol. The Morgan fingerprint density at radius 2 is 0.737 bits per heavy atom. The highest BCUT2D eigenvalue weighted by Gasteiger charge is 2.24. The van der Waals surface area contributed by atoms with Crippen LogP contribution >= 0.6 is 0 Å². The summed E-state index contributed by atoms with van der Waals surface area (Å²) in [4.78, 5) is 19.9. The molecule has 0 aliphatic rings. The van der Waals surface area contributed by atoms with Crippen LogP contribution in [0.2, 0.25) is 0 Å². The number of fused-ring (bicyclic) bond motifs is 6. The third-order valence-corrected chi connectivity index (χ3v) is 14.6. The van der Waals surface area contributed by atoms with Crippen molar-refractivity contribution in [3.8, 4) is 90.0 Å². The Bertz CT molecular complexity index is 4510. The smallest absolute Gasteiger partial charge is 0.194 e. The van der Waals surface area contributed by atoms with Crippen molar-refractivity contribution in [2.24, 2.45) is 0 Å². The fourth-order valence-corrected chi connectivity index (χ4v) is 11.1. The van der Waals surface area contributed by atoms with Gasteiger partial charge in [0, 0.05) is 49.5 Å². The SMILES string of the molecule is [C-]#[N+]c1ccccc1-c1ccc(-n2c3ccccc3c3cc(-c4ccccc4)ccc32)c(-c2cc(-n3c4ccccc4c4cc(-c5ccccc5)ccc43)ccc2-c2nc(-c3ccccc3)nc(-c3ccccc3)n2)c1.